The third kappa shape index (κ3) is 1.92. The summed E-state index contributed by atoms with van der Waals surface area (Å²) in [5, 5.41) is 1.03. The van der Waals surface area contributed by atoms with Gasteiger partial charge in [0.2, 0.25) is 0 Å². The highest BCUT2D eigenvalue weighted by molar-refractivity contribution is 7.18. The van der Waals surface area contributed by atoms with Gasteiger partial charge in [0.05, 0.1) is 20.0 Å². The lowest BCUT2D eigenvalue weighted by atomic mass is 9.72. The SMILES string of the molecule is C[n+]1c2n(c(=O)c3c4c(sc31)C[C@@H](C(C)(C)C)CC4)CCC2. The van der Waals surface area contributed by atoms with Crippen molar-refractivity contribution in [3.63, 3.8) is 0 Å². The first-order chi connectivity index (χ1) is 10.4. The van der Waals surface area contributed by atoms with Crippen molar-refractivity contribution in [2.75, 3.05) is 0 Å². The summed E-state index contributed by atoms with van der Waals surface area (Å²) in [6, 6.07) is 0. The van der Waals surface area contributed by atoms with Crippen molar-refractivity contribution in [1.29, 1.82) is 0 Å². The highest BCUT2D eigenvalue weighted by atomic mass is 32.1. The molecule has 0 unspecified atom stereocenters. The Hall–Kier alpha value is -1.16. The van der Waals surface area contributed by atoms with Crippen LogP contribution in [-0.2, 0) is 32.9 Å². The van der Waals surface area contributed by atoms with Crippen molar-refractivity contribution in [3.8, 4) is 0 Å². The zero-order chi connectivity index (χ0) is 15.6. The molecule has 3 nitrogen and oxygen atoms in total. The summed E-state index contributed by atoms with van der Waals surface area (Å²) in [6.45, 7) is 7.94. The zero-order valence-electron chi connectivity index (χ0n) is 14.0. The number of thiophene rings is 1. The second-order valence-corrected chi connectivity index (χ2v) is 9.11. The molecule has 2 aliphatic rings. The topological polar surface area (TPSA) is 25.9 Å². The standard InChI is InChI=1S/C18H25N2OS/c1-18(2,3)11-7-8-12-13(10-11)22-17-15(12)16(21)20-9-5-6-14(20)19(17)4/h11H,5-10H2,1-4H3/q+1/t11-/m0/s1. The van der Waals surface area contributed by atoms with Gasteiger partial charge < -0.3 is 0 Å². The fourth-order valence-electron chi connectivity index (χ4n) is 4.25. The lowest BCUT2D eigenvalue weighted by Crippen LogP contribution is -2.40. The van der Waals surface area contributed by atoms with Crippen LogP contribution in [0.2, 0.25) is 0 Å². The average molecular weight is 317 g/mol. The van der Waals surface area contributed by atoms with Crippen molar-refractivity contribution in [2.24, 2.45) is 18.4 Å². The summed E-state index contributed by atoms with van der Waals surface area (Å²) in [6.07, 6.45) is 5.58. The third-order valence-electron chi connectivity index (χ3n) is 5.72. The van der Waals surface area contributed by atoms with E-state index in [0.29, 0.717) is 5.41 Å². The normalized spacial score (nSPS) is 21.2. The molecule has 4 heteroatoms. The van der Waals surface area contributed by atoms with E-state index in [4.69, 9.17) is 0 Å². The summed E-state index contributed by atoms with van der Waals surface area (Å²) in [4.78, 5) is 15.6. The summed E-state index contributed by atoms with van der Waals surface area (Å²) in [5.41, 5.74) is 1.99. The molecule has 4 rings (SSSR count). The summed E-state index contributed by atoms with van der Waals surface area (Å²) in [7, 11) is 2.14. The number of hydrogen-bond donors (Lipinski definition) is 0. The van der Waals surface area contributed by atoms with Crippen LogP contribution in [0.15, 0.2) is 4.79 Å². The second-order valence-electron chi connectivity index (χ2n) is 8.03. The Kier molecular flexibility index (Phi) is 3.06. The predicted octanol–water partition coefficient (Wildman–Crippen LogP) is 2.98. The van der Waals surface area contributed by atoms with E-state index in [1.54, 1.807) is 0 Å². The molecule has 0 radical (unpaired) electrons. The summed E-state index contributed by atoms with van der Waals surface area (Å²) < 4.78 is 4.31. The van der Waals surface area contributed by atoms with Gasteiger partial charge in [-0.15, -0.1) is 0 Å². The van der Waals surface area contributed by atoms with Crippen LogP contribution >= 0.6 is 11.3 Å². The molecular weight excluding hydrogens is 292 g/mol. The molecule has 1 atom stereocenters. The van der Waals surface area contributed by atoms with E-state index in [1.165, 1.54) is 27.5 Å². The first-order valence-corrected chi connectivity index (χ1v) is 9.25. The fraction of sp³-hybridized carbons (Fsp3) is 0.667. The molecule has 118 valence electrons. The Balaban J connectivity index is 1.93. The van der Waals surface area contributed by atoms with E-state index in [1.807, 2.05) is 15.9 Å². The maximum atomic E-state index is 12.9. The molecule has 2 aromatic rings. The van der Waals surface area contributed by atoms with Crippen LogP contribution in [0.4, 0.5) is 0 Å². The molecule has 0 bridgehead atoms. The maximum absolute atomic E-state index is 12.9. The first-order valence-electron chi connectivity index (χ1n) is 8.44. The van der Waals surface area contributed by atoms with Crippen LogP contribution in [-0.4, -0.2) is 4.57 Å². The summed E-state index contributed by atoms with van der Waals surface area (Å²) in [5.74, 6) is 1.94. The minimum Gasteiger partial charge on any atom is -0.241 e. The van der Waals surface area contributed by atoms with Crippen LogP contribution in [0.1, 0.15) is 49.9 Å². The molecule has 1 aliphatic carbocycles. The minimum absolute atomic E-state index is 0.271. The van der Waals surface area contributed by atoms with Crippen molar-refractivity contribution < 1.29 is 4.57 Å². The fourth-order valence-corrected chi connectivity index (χ4v) is 5.65. The third-order valence-corrected chi connectivity index (χ3v) is 7.05. The molecule has 1 aliphatic heterocycles. The Morgan fingerprint density at radius 2 is 2.05 bits per heavy atom. The number of aryl methyl sites for hydroxylation is 2. The van der Waals surface area contributed by atoms with Crippen molar-refractivity contribution in [2.45, 2.75) is 59.4 Å². The average Bonchev–Trinajstić information content (AvgIpc) is 3.08. The highest BCUT2D eigenvalue weighted by Gasteiger charge is 2.35. The van der Waals surface area contributed by atoms with Crippen molar-refractivity contribution >= 4 is 21.6 Å². The lowest BCUT2D eigenvalue weighted by Gasteiger charge is -2.33. The van der Waals surface area contributed by atoms with Crippen LogP contribution in [0.5, 0.6) is 0 Å². The second kappa shape index (κ2) is 4.67. The Bertz CT molecular complexity index is 822. The minimum atomic E-state index is 0.271. The van der Waals surface area contributed by atoms with E-state index in [9.17, 15) is 4.79 Å². The van der Waals surface area contributed by atoms with Gasteiger partial charge in [-0.2, -0.15) is 4.57 Å². The van der Waals surface area contributed by atoms with Gasteiger partial charge in [0.1, 0.15) is 5.39 Å². The molecule has 3 heterocycles. The van der Waals surface area contributed by atoms with E-state index in [0.717, 1.165) is 43.5 Å². The molecule has 0 N–H and O–H groups in total. The molecule has 0 spiro atoms. The lowest BCUT2D eigenvalue weighted by molar-refractivity contribution is -0.654. The van der Waals surface area contributed by atoms with Crippen LogP contribution in [0.25, 0.3) is 10.2 Å². The molecule has 22 heavy (non-hydrogen) atoms. The molecule has 0 fully saturated rings. The first kappa shape index (κ1) is 14.4. The van der Waals surface area contributed by atoms with Gasteiger partial charge >= 0.3 is 5.56 Å². The smallest absolute Gasteiger partial charge is 0.241 e. The van der Waals surface area contributed by atoms with E-state index in [-0.39, 0.29) is 5.56 Å². The van der Waals surface area contributed by atoms with Crippen LogP contribution < -0.4 is 10.1 Å². The highest BCUT2D eigenvalue weighted by Crippen LogP contribution is 2.41. The number of hydrogen-bond acceptors (Lipinski definition) is 2. The summed E-state index contributed by atoms with van der Waals surface area (Å²) >= 11 is 1.88. The zero-order valence-corrected chi connectivity index (χ0v) is 14.8. The van der Waals surface area contributed by atoms with Crippen LogP contribution in [0, 0.1) is 11.3 Å². The van der Waals surface area contributed by atoms with Gasteiger partial charge in [0.15, 0.2) is 4.83 Å². The molecule has 2 aromatic heterocycles. The maximum Gasteiger partial charge on any atom is 0.346 e. The quantitative estimate of drug-likeness (QED) is 0.686. The van der Waals surface area contributed by atoms with Gasteiger partial charge in [-0.05, 0) is 42.6 Å². The number of aromatic nitrogens is 2. The number of fused-ring (bicyclic) bond motifs is 4. The Labute approximate surface area is 135 Å². The largest absolute Gasteiger partial charge is 0.346 e. The van der Waals surface area contributed by atoms with Gasteiger partial charge in [-0.3, -0.25) is 0 Å². The van der Waals surface area contributed by atoms with Crippen molar-refractivity contribution in [1.82, 2.24) is 4.57 Å². The monoisotopic (exact) mass is 317 g/mol. The molecule has 0 aromatic carbocycles. The van der Waals surface area contributed by atoms with E-state index in [2.05, 4.69) is 32.4 Å². The number of nitrogens with zero attached hydrogens (tertiary/aromatic N) is 2. The molecule has 0 saturated carbocycles. The van der Waals surface area contributed by atoms with E-state index < -0.39 is 0 Å². The van der Waals surface area contributed by atoms with Gasteiger partial charge in [0.25, 0.3) is 5.82 Å². The van der Waals surface area contributed by atoms with E-state index >= 15 is 0 Å². The van der Waals surface area contributed by atoms with Gasteiger partial charge in [-0.25, -0.2) is 9.36 Å². The Morgan fingerprint density at radius 1 is 1.27 bits per heavy atom. The Morgan fingerprint density at radius 3 is 2.77 bits per heavy atom. The van der Waals surface area contributed by atoms with Gasteiger partial charge in [-0.1, -0.05) is 32.1 Å². The molecular formula is C18H25N2OS+. The molecule has 0 amide bonds. The number of rotatable bonds is 0. The molecule has 0 saturated heterocycles. The van der Waals surface area contributed by atoms with Crippen molar-refractivity contribution in [3.05, 3.63) is 26.6 Å². The predicted molar refractivity (Wildman–Crippen MR) is 90.6 cm³/mol. The van der Waals surface area contributed by atoms with Crippen LogP contribution in [0.3, 0.4) is 0 Å². The van der Waals surface area contributed by atoms with Gasteiger partial charge in [0, 0.05) is 4.88 Å².